The van der Waals surface area contributed by atoms with E-state index in [2.05, 4.69) is 169 Å². The lowest BCUT2D eigenvalue weighted by atomic mass is 9.67. The number of fused-ring (bicyclic) bond motifs is 17. The van der Waals surface area contributed by atoms with Crippen LogP contribution in [0.25, 0.3) is 55.7 Å². The first kappa shape index (κ1) is 28.0. The monoisotopic (exact) mass is 669 g/mol. The lowest BCUT2D eigenvalue weighted by molar-refractivity contribution is 0.468. The molecule has 8 aromatic rings. The van der Waals surface area contributed by atoms with E-state index in [0.717, 1.165) is 27.6 Å². The molecule has 6 aromatic carbocycles. The fourth-order valence-electron chi connectivity index (χ4n) is 9.85. The molecule has 0 bridgehead atoms. The van der Waals surface area contributed by atoms with Crippen molar-refractivity contribution in [3.8, 4) is 16.8 Å². The van der Waals surface area contributed by atoms with E-state index in [1.54, 1.807) is 0 Å². The maximum absolute atomic E-state index is 6.30. The summed E-state index contributed by atoms with van der Waals surface area (Å²) in [5.41, 5.74) is 14.5. The van der Waals surface area contributed by atoms with E-state index < -0.39 is 5.41 Å². The number of aromatic nitrogens is 1. The summed E-state index contributed by atoms with van der Waals surface area (Å²) in [4.78, 5) is 2.63. The first-order valence-electron chi connectivity index (χ1n) is 17.8. The van der Waals surface area contributed by atoms with Crippen LogP contribution in [0.5, 0.6) is 0 Å². The quantitative estimate of drug-likeness (QED) is 0.173. The molecular weight excluding hydrogens is 639 g/mol. The molecule has 1 aliphatic heterocycles. The van der Waals surface area contributed by atoms with Gasteiger partial charge in [0.25, 0.3) is 0 Å². The van der Waals surface area contributed by atoms with Crippen LogP contribution in [0, 0.1) is 5.41 Å². The van der Waals surface area contributed by atoms with Crippen molar-refractivity contribution in [2.45, 2.75) is 28.0 Å². The Hall–Kier alpha value is -5.77. The van der Waals surface area contributed by atoms with E-state index >= 15 is 0 Å². The standard InChI is InChI=1S/C48H31NOS/c1-47-24-11-10-18-39(47)46-33(23-25-47)34-27-40-45(28-41(34)49(46)29-21-22-43-35(26-29)32-14-4-8-19-42(32)50-43)51-44-20-9-7-17-38(44)48(40)36-15-5-2-12-30(36)31-13-3-6-16-37(31)48/h2-28,39H,1H3. The molecule has 51 heavy (non-hydrogen) atoms. The molecule has 0 fully saturated rings. The fraction of sp³-hybridized carbons (Fsp3) is 0.0833. The Bertz CT molecular complexity index is 2890. The Balaban J connectivity index is 1.22. The van der Waals surface area contributed by atoms with Crippen molar-refractivity contribution in [1.82, 2.24) is 4.57 Å². The molecule has 1 spiro atoms. The summed E-state index contributed by atoms with van der Waals surface area (Å²) in [5, 5.41) is 3.59. The molecule has 0 amide bonds. The van der Waals surface area contributed by atoms with E-state index in [1.165, 1.54) is 65.3 Å². The van der Waals surface area contributed by atoms with Crippen LogP contribution in [0.3, 0.4) is 0 Å². The Labute approximate surface area is 300 Å². The number of furan rings is 1. The molecule has 0 saturated heterocycles. The Kier molecular flexibility index (Phi) is 5.33. The van der Waals surface area contributed by atoms with Gasteiger partial charge in [0.15, 0.2) is 0 Å². The molecule has 2 aromatic heterocycles. The molecule has 2 atom stereocenters. The number of nitrogens with zero attached hydrogens (tertiary/aromatic N) is 1. The van der Waals surface area contributed by atoms with Gasteiger partial charge in [-0.1, -0.05) is 140 Å². The van der Waals surface area contributed by atoms with Crippen LogP contribution in [-0.2, 0) is 5.41 Å². The van der Waals surface area contributed by atoms with Gasteiger partial charge in [-0.25, -0.2) is 0 Å². The zero-order valence-corrected chi connectivity index (χ0v) is 28.7. The number of para-hydroxylation sites is 1. The highest BCUT2D eigenvalue weighted by molar-refractivity contribution is 7.99. The van der Waals surface area contributed by atoms with Crippen molar-refractivity contribution in [1.29, 1.82) is 0 Å². The second-order valence-electron chi connectivity index (χ2n) is 14.6. The second-order valence-corrected chi connectivity index (χ2v) is 15.7. The molecule has 4 aliphatic rings. The second kappa shape index (κ2) is 9.72. The molecule has 12 rings (SSSR count). The van der Waals surface area contributed by atoms with Crippen molar-refractivity contribution in [2.24, 2.45) is 5.41 Å². The molecule has 0 saturated carbocycles. The van der Waals surface area contributed by atoms with Crippen LogP contribution in [0.4, 0.5) is 0 Å². The van der Waals surface area contributed by atoms with Crippen molar-refractivity contribution >= 4 is 50.7 Å². The molecule has 240 valence electrons. The van der Waals surface area contributed by atoms with Crippen LogP contribution < -0.4 is 0 Å². The maximum atomic E-state index is 6.30. The number of allylic oxidation sites excluding steroid dienone is 5. The average molecular weight is 670 g/mol. The number of benzene rings is 6. The van der Waals surface area contributed by atoms with Gasteiger partial charge in [0, 0.05) is 54.2 Å². The summed E-state index contributed by atoms with van der Waals surface area (Å²) < 4.78 is 8.86. The molecule has 3 aliphatic carbocycles. The van der Waals surface area contributed by atoms with Gasteiger partial charge in [-0.3, -0.25) is 0 Å². The number of hydrogen-bond acceptors (Lipinski definition) is 2. The van der Waals surface area contributed by atoms with Gasteiger partial charge in [-0.2, -0.15) is 0 Å². The molecule has 3 heterocycles. The molecule has 2 nitrogen and oxygen atoms in total. The zero-order valence-electron chi connectivity index (χ0n) is 27.9. The predicted octanol–water partition coefficient (Wildman–Crippen LogP) is 12.6. The average Bonchev–Trinajstić information content (AvgIpc) is 3.80. The predicted molar refractivity (Wildman–Crippen MR) is 210 cm³/mol. The fourth-order valence-corrected chi connectivity index (χ4v) is 11.1. The minimum Gasteiger partial charge on any atom is -0.456 e. The summed E-state index contributed by atoms with van der Waals surface area (Å²) in [7, 11) is 0. The topological polar surface area (TPSA) is 18.1 Å². The first-order valence-corrected chi connectivity index (χ1v) is 18.6. The lowest BCUT2D eigenvalue weighted by Crippen LogP contribution is -2.32. The highest BCUT2D eigenvalue weighted by atomic mass is 32.2. The highest BCUT2D eigenvalue weighted by Crippen LogP contribution is 2.63. The van der Waals surface area contributed by atoms with Gasteiger partial charge < -0.3 is 8.98 Å². The van der Waals surface area contributed by atoms with E-state index in [-0.39, 0.29) is 11.3 Å². The smallest absolute Gasteiger partial charge is 0.135 e. The largest absolute Gasteiger partial charge is 0.456 e. The van der Waals surface area contributed by atoms with Crippen molar-refractivity contribution in [3.63, 3.8) is 0 Å². The Morgan fingerprint density at radius 3 is 2.18 bits per heavy atom. The maximum Gasteiger partial charge on any atom is 0.135 e. The summed E-state index contributed by atoms with van der Waals surface area (Å²) in [6.07, 6.45) is 14.0. The van der Waals surface area contributed by atoms with Crippen LogP contribution in [0.15, 0.2) is 172 Å². The first-order chi connectivity index (χ1) is 25.1. The lowest BCUT2D eigenvalue weighted by Gasteiger charge is -2.39. The van der Waals surface area contributed by atoms with Crippen molar-refractivity contribution < 1.29 is 4.42 Å². The summed E-state index contributed by atoms with van der Waals surface area (Å²) >= 11 is 1.91. The summed E-state index contributed by atoms with van der Waals surface area (Å²) in [5.74, 6) is 0.190. The third-order valence-electron chi connectivity index (χ3n) is 12.1. The van der Waals surface area contributed by atoms with Gasteiger partial charge in [0.05, 0.1) is 10.9 Å². The molecular formula is C48H31NOS. The van der Waals surface area contributed by atoms with E-state index in [4.69, 9.17) is 4.42 Å². The summed E-state index contributed by atoms with van der Waals surface area (Å²) in [6, 6.07) is 47.4. The van der Waals surface area contributed by atoms with Crippen molar-refractivity contribution in [2.75, 3.05) is 0 Å². The van der Waals surface area contributed by atoms with E-state index in [0.29, 0.717) is 0 Å². The molecule has 0 N–H and O–H groups in total. The number of rotatable bonds is 1. The van der Waals surface area contributed by atoms with Gasteiger partial charge in [-0.15, -0.1) is 0 Å². The van der Waals surface area contributed by atoms with Crippen LogP contribution in [0.2, 0.25) is 0 Å². The minimum atomic E-state index is -0.414. The number of hydrogen-bond donors (Lipinski definition) is 0. The Morgan fingerprint density at radius 1 is 0.608 bits per heavy atom. The third-order valence-corrected chi connectivity index (χ3v) is 13.2. The van der Waals surface area contributed by atoms with Crippen LogP contribution in [0.1, 0.15) is 46.4 Å². The van der Waals surface area contributed by atoms with E-state index in [9.17, 15) is 0 Å². The summed E-state index contributed by atoms with van der Waals surface area (Å²) in [6.45, 7) is 2.37. The van der Waals surface area contributed by atoms with Crippen LogP contribution >= 0.6 is 11.8 Å². The van der Waals surface area contributed by atoms with Crippen LogP contribution in [-0.4, -0.2) is 4.57 Å². The van der Waals surface area contributed by atoms with Gasteiger partial charge in [0.2, 0.25) is 0 Å². The SMILES string of the molecule is CC12C=CC=CC1c1c(c3cc4c(cc3n1-c1ccc3oc5ccccc5c3c1)Sc1ccccc1C41c3ccccc3-c3ccccc31)C=C2. The van der Waals surface area contributed by atoms with Gasteiger partial charge in [-0.05, 0) is 75.8 Å². The third kappa shape index (κ3) is 3.45. The molecule has 2 unspecified atom stereocenters. The zero-order chi connectivity index (χ0) is 33.5. The molecule has 0 radical (unpaired) electrons. The highest BCUT2D eigenvalue weighted by Gasteiger charge is 2.50. The normalized spacial score (nSPS) is 20.0. The minimum absolute atomic E-state index is 0.116. The molecule has 3 heteroatoms. The van der Waals surface area contributed by atoms with Gasteiger partial charge in [0.1, 0.15) is 11.2 Å². The van der Waals surface area contributed by atoms with Gasteiger partial charge >= 0.3 is 0 Å². The van der Waals surface area contributed by atoms with E-state index in [1.807, 2.05) is 17.8 Å². The Morgan fingerprint density at radius 2 is 1.33 bits per heavy atom. The van der Waals surface area contributed by atoms with Crippen molar-refractivity contribution in [3.05, 3.63) is 191 Å².